The Hall–Kier alpha value is -2.25. The molecule has 1 aliphatic heterocycles. The van der Waals surface area contributed by atoms with E-state index in [4.69, 9.17) is 0 Å². The van der Waals surface area contributed by atoms with E-state index in [0.29, 0.717) is 13.1 Å². The van der Waals surface area contributed by atoms with E-state index in [1.54, 1.807) is 4.90 Å². The van der Waals surface area contributed by atoms with Crippen LogP contribution in [0.4, 0.5) is 18.9 Å². The van der Waals surface area contributed by atoms with Crippen LogP contribution in [0.1, 0.15) is 24.8 Å². The summed E-state index contributed by atoms with van der Waals surface area (Å²) in [6, 6.07) is 2.13. The van der Waals surface area contributed by atoms with Crippen molar-refractivity contribution < 1.29 is 13.2 Å². The Morgan fingerprint density at radius 3 is 2.35 bits per heavy atom. The molecule has 1 N–H and O–H groups in total. The number of nitrogens with zero attached hydrogens (tertiary/aromatic N) is 2. The minimum absolute atomic E-state index is 0.0798. The number of fused-ring (bicyclic) bond motifs is 1. The molecule has 1 aliphatic rings. The Morgan fingerprint density at radius 2 is 1.74 bits per heavy atom. The number of halogens is 3. The number of anilines is 1. The molecule has 0 atom stereocenters. The van der Waals surface area contributed by atoms with Crippen LogP contribution >= 0.6 is 0 Å². The van der Waals surface area contributed by atoms with Gasteiger partial charge < -0.3 is 4.90 Å². The van der Waals surface area contributed by atoms with Crippen molar-refractivity contribution >= 4 is 16.6 Å². The number of nitrogens with one attached hydrogen (secondary N) is 1. The number of rotatable bonds is 1. The molecule has 124 valence electrons. The maximum atomic E-state index is 13.4. The third-order valence-corrected chi connectivity index (χ3v) is 4.25. The van der Waals surface area contributed by atoms with Crippen LogP contribution in [0.3, 0.4) is 0 Å². The molecule has 0 aliphatic carbocycles. The van der Waals surface area contributed by atoms with Crippen LogP contribution < -0.4 is 16.1 Å². The fourth-order valence-corrected chi connectivity index (χ4v) is 3.11. The molecule has 0 unspecified atom stereocenters. The molecule has 1 aromatic heterocycles. The van der Waals surface area contributed by atoms with Crippen molar-refractivity contribution in [2.24, 2.45) is 7.05 Å². The van der Waals surface area contributed by atoms with E-state index in [9.17, 15) is 22.8 Å². The van der Waals surface area contributed by atoms with Gasteiger partial charge in [-0.2, -0.15) is 13.2 Å². The SMILES string of the molecule is Cn1c(=O)[nH]c(=O)c2c(N3CCCCC3)c(C(F)(F)F)ccc21. The van der Waals surface area contributed by atoms with Gasteiger partial charge in [0.25, 0.3) is 5.56 Å². The number of H-pyrrole nitrogens is 1. The van der Waals surface area contributed by atoms with Crippen molar-refractivity contribution in [3.05, 3.63) is 38.5 Å². The first-order chi connectivity index (χ1) is 10.8. The zero-order valence-electron chi connectivity index (χ0n) is 12.5. The normalized spacial score (nSPS) is 16.1. The highest BCUT2D eigenvalue weighted by Crippen LogP contribution is 2.40. The molecule has 2 aromatic rings. The summed E-state index contributed by atoms with van der Waals surface area (Å²) in [7, 11) is 1.42. The van der Waals surface area contributed by atoms with E-state index in [2.05, 4.69) is 4.98 Å². The molecule has 2 heterocycles. The lowest BCUT2D eigenvalue weighted by Crippen LogP contribution is -2.35. The summed E-state index contributed by atoms with van der Waals surface area (Å²) in [5.74, 6) is 0. The number of alkyl halides is 3. The van der Waals surface area contributed by atoms with Crippen molar-refractivity contribution in [2.45, 2.75) is 25.4 Å². The van der Waals surface area contributed by atoms with Crippen LogP contribution in [-0.2, 0) is 13.2 Å². The van der Waals surface area contributed by atoms with Gasteiger partial charge in [-0.1, -0.05) is 0 Å². The number of hydrogen-bond acceptors (Lipinski definition) is 3. The molecular formula is C15H16F3N3O2. The minimum atomic E-state index is -4.57. The molecular weight excluding hydrogens is 311 g/mol. The third kappa shape index (κ3) is 2.62. The summed E-state index contributed by atoms with van der Waals surface area (Å²) in [4.78, 5) is 27.6. The molecule has 0 bridgehead atoms. The summed E-state index contributed by atoms with van der Waals surface area (Å²) in [5.41, 5.74) is -2.18. The molecule has 1 aromatic carbocycles. The summed E-state index contributed by atoms with van der Waals surface area (Å²) >= 11 is 0. The van der Waals surface area contributed by atoms with E-state index in [0.717, 1.165) is 29.9 Å². The van der Waals surface area contributed by atoms with Gasteiger partial charge in [-0.3, -0.25) is 14.3 Å². The van der Waals surface area contributed by atoms with Gasteiger partial charge in [0.05, 0.1) is 22.2 Å². The lowest BCUT2D eigenvalue weighted by atomic mass is 10.0. The summed E-state index contributed by atoms with van der Waals surface area (Å²) in [6.07, 6.45) is -2.06. The molecule has 23 heavy (non-hydrogen) atoms. The largest absolute Gasteiger partial charge is 0.418 e. The number of benzene rings is 1. The molecule has 0 saturated carbocycles. The van der Waals surface area contributed by atoms with Gasteiger partial charge in [-0.15, -0.1) is 0 Å². The van der Waals surface area contributed by atoms with Crippen molar-refractivity contribution in [3.63, 3.8) is 0 Å². The molecule has 0 spiro atoms. The number of piperidine rings is 1. The standard InChI is InChI=1S/C15H16F3N3O2/c1-20-10-6-5-9(15(16,17)18)12(21-7-3-2-4-8-21)11(10)13(22)19-14(20)23/h5-6H,2-4,7-8H2,1H3,(H,19,22,23). The minimum Gasteiger partial charge on any atom is -0.370 e. The number of aryl methyl sites for hydroxylation is 1. The van der Waals surface area contributed by atoms with E-state index in [1.165, 1.54) is 13.1 Å². The van der Waals surface area contributed by atoms with Gasteiger partial charge >= 0.3 is 11.9 Å². The second-order valence-corrected chi connectivity index (χ2v) is 5.72. The Morgan fingerprint density at radius 1 is 1.09 bits per heavy atom. The summed E-state index contributed by atoms with van der Waals surface area (Å²) < 4.78 is 41.5. The molecule has 5 nitrogen and oxygen atoms in total. The Balaban J connectivity index is 2.41. The van der Waals surface area contributed by atoms with E-state index in [-0.39, 0.29) is 16.6 Å². The maximum absolute atomic E-state index is 13.4. The number of hydrogen-bond donors (Lipinski definition) is 1. The van der Waals surface area contributed by atoms with Crippen LogP contribution in [0, 0.1) is 0 Å². The van der Waals surface area contributed by atoms with Gasteiger partial charge in [0, 0.05) is 20.1 Å². The predicted octanol–water partition coefficient (Wildman–Crippen LogP) is 2.24. The highest BCUT2D eigenvalue weighted by atomic mass is 19.4. The molecule has 1 fully saturated rings. The Kier molecular flexibility index (Phi) is 3.69. The highest BCUT2D eigenvalue weighted by Gasteiger charge is 2.37. The second-order valence-electron chi connectivity index (χ2n) is 5.72. The van der Waals surface area contributed by atoms with Gasteiger partial charge in [0.15, 0.2) is 0 Å². The summed E-state index contributed by atoms with van der Waals surface area (Å²) in [6.45, 7) is 0.926. The highest BCUT2D eigenvalue weighted by molar-refractivity contribution is 5.93. The Labute approximate surface area is 129 Å². The van der Waals surface area contributed by atoms with E-state index < -0.39 is 23.0 Å². The maximum Gasteiger partial charge on any atom is 0.418 e. The van der Waals surface area contributed by atoms with Crippen LogP contribution in [0.2, 0.25) is 0 Å². The molecule has 0 amide bonds. The molecule has 0 radical (unpaired) electrons. The first-order valence-corrected chi connectivity index (χ1v) is 7.39. The average molecular weight is 327 g/mol. The first-order valence-electron chi connectivity index (χ1n) is 7.39. The molecule has 8 heteroatoms. The smallest absolute Gasteiger partial charge is 0.370 e. The van der Waals surface area contributed by atoms with Crippen molar-refractivity contribution in [1.29, 1.82) is 0 Å². The van der Waals surface area contributed by atoms with Gasteiger partial charge in [0.1, 0.15) is 0 Å². The monoisotopic (exact) mass is 327 g/mol. The Bertz CT molecular complexity index is 861. The fourth-order valence-electron chi connectivity index (χ4n) is 3.11. The second kappa shape index (κ2) is 5.43. The topological polar surface area (TPSA) is 58.1 Å². The zero-order chi connectivity index (χ0) is 16.8. The van der Waals surface area contributed by atoms with E-state index in [1.807, 2.05) is 0 Å². The average Bonchev–Trinajstić information content (AvgIpc) is 2.51. The first kappa shape index (κ1) is 15.6. The van der Waals surface area contributed by atoms with Crippen molar-refractivity contribution in [3.8, 4) is 0 Å². The number of aromatic amines is 1. The van der Waals surface area contributed by atoms with Crippen molar-refractivity contribution in [1.82, 2.24) is 9.55 Å². The predicted molar refractivity (Wildman–Crippen MR) is 80.9 cm³/mol. The van der Waals surface area contributed by atoms with Crippen LogP contribution in [0.15, 0.2) is 21.7 Å². The molecule has 1 saturated heterocycles. The van der Waals surface area contributed by atoms with E-state index >= 15 is 0 Å². The van der Waals surface area contributed by atoms with Crippen LogP contribution in [0.25, 0.3) is 10.9 Å². The fraction of sp³-hybridized carbons (Fsp3) is 0.467. The van der Waals surface area contributed by atoms with Gasteiger partial charge in [0.2, 0.25) is 0 Å². The van der Waals surface area contributed by atoms with Crippen molar-refractivity contribution in [2.75, 3.05) is 18.0 Å². The van der Waals surface area contributed by atoms with Crippen LogP contribution in [-0.4, -0.2) is 22.6 Å². The lowest BCUT2D eigenvalue weighted by Gasteiger charge is -2.32. The zero-order valence-corrected chi connectivity index (χ0v) is 12.5. The van der Waals surface area contributed by atoms with Gasteiger partial charge in [-0.25, -0.2) is 4.79 Å². The number of aromatic nitrogens is 2. The lowest BCUT2D eigenvalue weighted by molar-refractivity contribution is -0.137. The quantitative estimate of drug-likeness (QED) is 0.874. The molecule has 3 rings (SSSR count). The van der Waals surface area contributed by atoms with Gasteiger partial charge in [-0.05, 0) is 31.4 Å². The summed E-state index contributed by atoms with van der Waals surface area (Å²) in [5, 5.41) is -0.0798. The third-order valence-electron chi connectivity index (χ3n) is 4.25. The van der Waals surface area contributed by atoms with Crippen LogP contribution in [0.5, 0.6) is 0 Å².